The van der Waals surface area contributed by atoms with Gasteiger partial charge in [0.05, 0.1) is 5.69 Å². The minimum atomic E-state index is 0.434. The molecule has 1 N–H and O–H groups in total. The zero-order chi connectivity index (χ0) is 13.0. The number of hydrogen-bond acceptors (Lipinski definition) is 3. The highest BCUT2D eigenvalue weighted by atomic mass is 15.1. The van der Waals surface area contributed by atoms with Crippen molar-refractivity contribution in [2.75, 3.05) is 24.5 Å². The van der Waals surface area contributed by atoms with Gasteiger partial charge in [0.1, 0.15) is 0 Å². The van der Waals surface area contributed by atoms with E-state index in [1.807, 2.05) is 6.20 Å². The van der Waals surface area contributed by atoms with Gasteiger partial charge < -0.3 is 10.2 Å². The Morgan fingerprint density at radius 1 is 1.44 bits per heavy atom. The molecule has 0 bridgehead atoms. The van der Waals surface area contributed by atoms with Gasteiger partial charge in [-0.1, -0.05) is 20.8 Å². The number of pyridine rings is 1. The van der Waals surface area contributed by atoms with Crippen molar-refractivity contribution in [3.8, 4) is 0 Å². The van der Waals surface area contributed by atoms with E-state index >= 15 is 0 Å². The van der Waals surface area contributed by atoms with Crippen LogP contribution >= 0.6 is 0 Å². The Labute approximate surface area is 111 Å². The van der Waals surface area contributed by atoms with Gasteiger partial charge in [-0.15, -0.1) is 0 Å². The fourth-order valence-electron chi connectivity index (χ4n) is 2.66. The fraction of sp³-hybridized carbons (Fsp3) is 0.667. The number of piperidine rings is 1. The molecule has 1 aliphatic rings. The summed E-state index contributed by atoms with van der Waals surface area (Å²) in [5.74, 6) is 0. The van der Waals surface area contributed by atoms with Gasteiger partial charge in [0.25, 0.3) is 0 Å². The minimum absolute atomic E-state index is 0.434. The lowest BCUT2D eigenvalue weighted by molar-refractivity contribution is 0.293. The van der Waals surface area contributed by atoms with Crippen LogP contribution in [0.5, 0.6) is 0 Å². The SMILES string of the molecule is CCNCc1cc(N2CCCC(C)(C)C2)ccn1. The van der Waals surface area contributed by atoms with Crippen LogP contribution in [0.4, 0.5) is 5.69 Å². The van der Waals surface area contributed by atoms with E-state index in [4.69, 9.17) is 0 Å². The summed E-state index contributed by atoms with van der Waals surface area (Å²) in [5, 5.41) is 3.33. The molecule has 0 aliphatic carbocycles. The van der Waals surface area contributed by atoms with Gasteiger partial charge >= 0.3 is 0 Å². The highest BCUT2D eigenvalue weighted by Gasteiger charge is 2.26. The van der Waals surface area contributed by atoms with Crippen molar-refractivity contribution in [3.05, 3.63) is 24.0 Å². The maximum absolute atomic E-state index is 4.42. The molecule has 0 aromatic carbocycles. The zero-order valence-electron chi connectivity index (χ0n) is 11.9. The third-order valence-electron chi connectivity index (χ3n) is 3.62. The van der Waals surface area contributed by atoms with E-state index < -0.39 is 0 Å². The lowest BCUT2D eigenvalue weighted by Gasteiger charge is -2.39. The first kappa shape index (κ1) is 13.3. The van der Waals surface area contributed by atoms with Crippen molar-refractivity contribution in [1.29, 1.82) is 0 Å². The van der Waals surface area contributed by atoms with Gasteiger partial charge in [-0.3, -0.25) is 4.98 Å². The average molecular weight is 247 g/mol. The molecule has 1 saturated heterocycles. The molecule has 3 nitrogen and oxygen atoms in total. The predicted octanol–water partition coefficient (Wildman–Crippen LogP) is 2.82. The summed E-state index contributed by atoms with van der Waals surface area (Å²) in [6.07, 6.45) is 4.56. The number of hydrogen-bond donors (Lipinski definition) is 1. The van der Waals surface area contributed by atoms with Crippen molar-refractivity contribution in [2.24, 2.45) is 5.41 Å². The van der Waals surface area contributed by atoms with Gasteiger partial charge in [0, 0.05) is 31.5 Å². The Morgan fingerprint density at radius 2 is 2.28 bits per heavy atom. The molecular formula is C15H25N3. The molecule has 100 valence electrons. The first-order chi connectivity index (χ1) is 8.61. The molecule has 0 saturated carbocycles. The van der Waals surface area contributed by atoms with E-state index in [2.05, 4.69) is 48.1 Å². The molecule has 0 amide bonds. The van der Waals surface area contributed by atoms with Crippen LogP contribution in [0.25, 0.3) is 0 Å². The van der Waals surface area contributed by atoms with E-state index in [1.54, 1.807) is 0 Å². The molecule has 1 aliphatic heterocycles. The van der Waals surface area contributed by atoms with Crippen molar-refractivity contribution in [2.45, 2.75) is 40.2 Å². The Morgan fingerprint density at radius 3 is 3.00 bits per heavy atom. The summed E-state index contributed by atoms with van der Waals surface area (Å²) in [6, 6.07) is 4.36. The van der Waals surface area contributed by atoms with E-state index in [0.717, 1.165) is 25.3 Å². The van der Waals surface area contributed by atoms with Crippen LogP contribution in [-0.4, -0.2) is 24.6 Å². The molecule has 18 heavy (non-hydrogen) atoms. The molecule has 0 spiro atoms. The smallest absolute Gasteiger partial charge is 0.0562 e. The van der Waals surface area contributed by atoms with Crippen LogP contribution in [0.1, 0.15) is 39.3 Å². The number of nitrogens with zero attached hydrogens (tertiary/aromatic N) is 2. The number of rotatable bonds is 4. The normalized spacial score (nSPS) is 18.9. The molecule has 1 aromatic heterocycles. The van der Waals surface area contributed by atoms with Gasteiger partial charge in [-0.2, -0.15) is 0 Å². The lowest BCUT2D eigenvalue weighted by Crippen LogP contribution is -2.40. The second-order valence-electron chi connectivity index (χ2n) is 5.98. The summed E-state index contributed by atoms with van der Waals surface area (Å²) < 4.78 is 0. The van der Waals surface area contributed by atoms with Crippen LogP contribution in [0.3, 0.4) is 0 Å². The lowest BCUT2D eigenvalue weighted by atomic mass is 9.84. The molecular weight excluding hydrogens is 222 g/mol. The first-order valence-electron chi connectivity index (χ1n) is 7.01. The molecule has 2 rings (SSSR count). The van der Waals surface area contributed by atoms with Crippen LogP contribution in [0.2, 0.25) is 0 Å². The Bertz CT molecular complexity index is 387. The number of anilines is 1. The van der Waals surface area contributed by atoms with Crippen LogP contribution in [0.15, 0.2) is 18.3 Å². The second kappa shape index (κ2) is 5.70. The molecule has 1 fully saturated rings. The van der Waals surface area contributed by atoms with E-state index in [1.165, 1.54) is 25.1 Å². The van der Waals surface area contributed by atoms with E-state index in [0.29, 0.717) is 5.41 Å². The summed E-state index contributed by atoms with van der Waals surface area (Å²) in [4.78, 5) is 6.92. The summed E-state index contributed by atoms with van der Waals surface area (Å²) >= 11 is 0. The first-order valence-corrected chi connectivity index (χ1v) is 7.01. The van der Waals surface area contributed by atoms with Gasteiger partial charge in [0.2, 0.25) is 0 Å². The standard InChI is InChI=1S/C15H25N3/c1-4-16-11-13-10-14(6-8-17-13)18-9-5-7-15(2,3)12-18/h6,8,10,16H,4-5,7,9,11-12H2,1-3H3. The molecule has 3 heteroatoms. The minimum Gasteiger partial charge on any atom is -0.371 e. The maximum Gasteiger partial charge on any atom is 0.0562 e. The maximum atomic E-state index is 4.42. The number of nitrogens with one attached hydrogen (secondary N) is 1. The summed E-state index contributed by atoms with van der Waals surface area (Å²) in [5.41, 5.74) is 2.90. The average Bonchev–Trinajstić information content (AvgIpc) is 2.35. The van der Waals surface area contributed by atoms with Crippen LogP contribution < -0.4 is 10.2 Å². The molecule has 1 aromatic rings. The van der Waals surface area contributed by atoms with Crippen molar-refractivity contribution in [1.82, 2.24) is 10.3 Å². The third-order valence-corrected chi connectivity index (χ3v) is 3.62. The molecule has 2 heterocycles. The molecule has 0 atom stereocenters. The summed E-state index contributed by atoms with van der Waals surface area (Å²) in [6.45, 7) is 11.0. The van der Waals surface area contributed by atoms with E-state index in [9.17, 15) is 0 Å². The quantitative estimate of drug-likeness (QED) is 0.887. The highest BCUT2D eigenvalue weighted by Crippen LogP contribution is 2.31. The number of aromatic nitrogens is 1. The van der Waals surface area contributed by atoms with E-state index in [-0.39, 0.29) is 0 Å². The highest BCUT2D eigenvalue weighted by molar-refractivity contribution is 5.47. The fourth-order valence-corrected chi connectivity index (χ4v) is 2.66. The topological polar surface area (TPSA) is 28.2 Å². The van der Waals surface area contributed by atoms with Gasteiger partial charge in [-0.05, 0) is 36.9 Å². The molecule has 0 unspecified atom stereocenters. The zero-order valence-corrected chi connectivity index (χ0v) is 11.9. The van der Waals surface area contributed by atoms with Crippen LogP contribution in [0, 0.1) is 5.41 Å². The monoisotopic (exact) mass is 247 g/mol. The van der Waals surface area contributed by atoms with Crippen molar-refractivity contribution >= 4 is 5.69 Å². The van der Waals surface area contributed by atoms with Gasteiger partial charge in [0.15, 0.2) is 0 Å². The molecule has 0 radical (unpaired) electrons. The second-order valence-corrected chi connectivity index (χ2v) is 5.98. The van der Waals surface area contributed by atoms with Crippen LogP contribution in [-0.2, 0) is 6.54 Å². The third kappa shape index (κ3) is 3.45. The largest absolute Gasteiger partial charge is 0.371 e. The Balaban J connectivity index is 2.07. The van der Waals surface area contributed by atoms with Crippen molar-refractivity contribution < 1.29 is 0 Å². The Hall–Kier alpha value is -1.09. The van der Waals surface area contributed by atoms with Gasteiger partial charge in [-0.25, -0.2) is 0 Å². The summed E-state index contributed by atoms with van der Waals surface area (Å²) in [7, 11) is 0. The Kier molecular flexibility index (Phi) is 4.23. The van der Waals surface area contributed by atoms with Crippen molar-refractivity contribution in [3.63, 3.8) is 0 Å². The predicted molar refractivity (Wildman–Crippen MR) is 76.8 cm³/mol.